The summed E-state index contributed by atoms with van der Waals surface area (Å²) in [5.74, 6) is 0.459. The first-order valence-electron chi connectivity index (χ1n) is 7.52. The number of anilines is 1. The predicted molar refractivity (Wildman–Crippen MR) is 79.5 cm³/mol. The Bertz CT molecular complexity index is 456. The third-order valence-electron chi connectivity index (χ3n) is 4.56. The molecule has 2 nitrogen and oxygen atoms in total. The van der Waals surface area contributed by atoms with Crippen molar-refractivity contribution in [2.24, 2.45) is 5.92 Å². The summed E-state index contributed by atoms with van der Waals surface area (Å²) in [5.41, 5.74) is 0.284. The fourth-order valence-electron chi connectivity index (χ4n) is 3.12. The molecule has 1 aromatic carbocycles. The van der Waals surface area contributed by atoms with Gasteiger partial charge >= 0.3 is 6.18 Å². The van der Waals surface area contributed by atoms with Crippen molar-refractivity contribution in [1.29, 1.82) is 0 Å². The lowest BCUT2D eigenvalue weighted by molar-refractivity contribution is -0.137. The zero-order valence-electron chi connectivity index (χ0n) is 12.7. The second-order valence-electron chi connectivity index (χ2n) is 5.79. The van der Waals surface area contributed by atoms with Crippen LogP contribution in [0.1, 0.15) is 32.8 Å². The van der Waals surface area contributed by atoms with E-state index in [-0.39, 0.29) is 0 Å². The van der Waals surface area contributed by atoms with Crippen molar-refractivity contribution in [3.8, 4) is 0 Å². The first-order valence-corrected chi connectivity index (χ1v) is 7.52. The van der Waals surface area contributed by atoms with Gasteiger partial charge in [-0.3, -0.25) is 0 Å². The molecule has 1 aromatic rings. The maximum absolute atomic E-state index is 12.6. The Morgan fingerprint density at radius 3 is 2.33 bits per heavy atom. The molecule has 1 fully saturated rings. The summed E-state index contributed by atoms with van der Waals surface area (Å²) in [4.78, 5) is 2.21. The van der Waals surface area contributed by atoms with Gasteiger partial charge in [-0.25, -0.2) is 0 Å². The molecule has 0 bridgehead atoms. The summed E-state index contributed by atoms with van der Waals surface area (Å²) in [6, 6.07) is 6.29. The van der Waals surface area contributed by atoms with Crippen LogP contribution in [0.5, 0.6) is 0 Å². The second kappa shape index (κ2) is 6.26. The smallest absolute Gasteiger partial charge is 0.368 e. The Morgan fingerprint density at radius 2 is 1.81 bits per heavy atom. The zero-order chi connectivity index (χ0) is 15.6. The molecule has 0 aliphatic carbocycles. The van der Waals surface area contributed by atoms with Crippen molar-refractivity contribution in [2.45, 2.75) is 45.5 Å². The summed E-state index contributed by atoms with van der Waals surface area (Å²) >= 11 is 0. The van der Waals surface area contributed by atoms with E-state index < -0.39 is 11.7 Å². The monoisotopic (exact) mass is 300 g/mol. The Kier molecular flexibility index (Phi) is 4.81. The van der Waals surface area contributed by atoms with Gasteiger partial charge in [0.15, 0.2) is 0 Å². The molecule has 2 rings (SSSR count). The van der Waals surface area contributed by atoms with E-state index in [1.165, 1.54) is 12.1 Å². The molecule has 1 heterocycles. The number of hydrogen-bond acceptors (Lipinski definition) is 2. The van der Waals surface area contributed by atoms with Crippen LogP contribution in [-0.2, 0) is 6.18 Å². The van der Waals surface area contributed by atoms with Crippen molar-refractivity contribution in [3.63, 3.8) is 0 Å². The van der Waals surface area contributed by atoms with Crippen molar-refractivity contribution in [1.82, 2.24) is 5.32 Å². The molecule has 1 aliphatic rings. The first-order chi connectivity index (χ1) is 9.84. The van der Waals surface area contributed by atoms with E-state index in [1.54, 1.807) is 12.1 Å². The van der Waals surface area contributed by atoms with Gasteiger partial charge in [0, 0.05) is 24.3 Å². The standard InChI is InChI=1S/C16H23F3N2/c1-4-20-15-9-10-21(12(3)11(15)2)14-7-5-13(6-8-14)16(17,18)19/h5-8,11-12,15,20H,4,9-10H2,1-3H3. The van der Waals surface area contributed by atoms with Crippen LogP contribution in [0.4, 0.5) is 18.9 Å². The van der Waals surface area contributed by atoms with Crippen molar-refractivity contribution in [2.75, 3.05) is 18.0 Å². The van der Waals surface area contributed by atoms with Gasteiger partial charge in [-0.2, -0.15) is 13.2 Å². The van der Waals surface area contributed by atoms with Crippen molar-refractivity contribution in [3.05, 3.63) is 29.8 Å². The number of nitrogens with one attached hydrogen (secondary N) is 1. The number of benzene rings is 1. The number of alkyl halides is 3. The van der Waals surface area contributed by atoms with Crippen LogP contribution in [-0.4, -0.2) is 25.2 Å². The molecule has 3 atom stereocenters. The molecule has 0 radical (unpaired) electrons. The van der Waals surface area contributed by atoms with Crippen molar-refractivity contribution < 1.29 is 13.2 Å². The van der Waals surface area contributed by atoms with Crippen LogP contribution < -0.4 is 10.2 Å². The largest absolute Gasteiger partial charge is 0.416 e. The van der Waals surface area contributed by atoms with Crippen LogP contribution in [0.2, 0.25) is 0 Å². The minimum absolute atomic E-state index is 0.305. The van der Waals surface area contributed by atoms with Gasteiger partial charge in [0.05, 0.1) is 5.56 Å². The summed E-state index contributed by atoms with van der Waals surface area (Å²) in [6.45, 7) is 8.26. The van der Waals surface area contributed by atoms with Crippen LogP contribution >= 0.6 is 0 Å². The molecule has 3 unspecified atom stereocenters. The van der Waals surface area contributed by atoms with Gasteiger partial charge in [0.25, 0.3) is 0 Å². The number of hydrogen-bond donors (Lipinski definition) is 1. The molecule has 1 saturated heterocycles. The molecular weight excluding hydrogens is 277 g/mol. The highest BCUT2D eigenvalue weighted by Crippen LogP contribution is 2.33. The third-order valence-corrected chi connectivity index (χ3v) is 4.56. The quantitative estimate of drug-likeness (QED) is 0.910. The number of nitrogens with zero attached hydrogens (tertiary/aromatic N) is 1. The molecule has 21 heavy (non-hydrogen) atoms. The van der Waals surface area contributed by atoms with E-state index >= 15 is 0 Å². The Balaban J connectivity index is 2.12. The minimum atomic E-state index is -4.27. The van der Waals surface area contributed by atoms with Crippen LogP contribution in [0, 0.1) is 5.92 Å². The summed E-state index contributed by atoms with van der Waals surface area (Å²) < 4.78 is 37.8. The highest BCUT2D eigenvalue weighted by atomic mass is 19.4. The normalized spacial score (nSPS) is 27.0. The SMILES string of the molecule is CCNC1CCN(c2ccc(C(F)(F)F)cc2)C(C)C1C. The Labute approximate surface area is 124 Å². The highest BCUT2D eigenvalue weighted by molar-refractivity contribution is 5.49. The maximum Gasteiger partial charge on any atom is 0.416 e. The lowest BCUT2D eigenvalue weighted by Crippen LogP contribution is -2.53. The third kappa shape index (κ3) is 3.51. The number of rotatable bonds is 3. The van der Waals surface area contributed by atoms with Gasteiger partial charge in [-0.15, -0.1) is 0 Å². The van der Waals surface area contributed by atoms with E-state index in [0.29, 0.717) is 18.0 Å². The number of piperidine rings is 1. The van der Waals surface area contributed by atoms with E-state index in [4.69, 9.17) is 0 Å². The summed E-state index contributed by atoms with van der Waals surface area (Å²) in [6.07, 6.45) is -3.25. The minimum Gasteiger partial charge on any atom is -0.368 e. The zero-order valence-corrected chi connectivity index (χ0v) is 12.7. The molecule has 118 valence electrons. The average Bonchev–Trinajstić information content (AvgIpc) is 2.44. The Morgan fingerprint density at radius 1 is 1.19 bits per heavy atom. The van der Waals surface area contributed by atoms with Crippen molar-refractivity contribution >= 4 is 5.69 Å². The van der Waals surface area contributed by atoms with Crippen LogP contribution in [0.25, 0.3) is 0 Å². The molecule has 1 N–H and O–H groups in total. The second-order valence-corrected chi connectivity index (χ2v) is 5.79. The van der Waals surface area contributed by atoms with E-state index in [2.05, 4.69) is 31.0 Å². The summed E-state index contributed by atoms with van der Waals surface area (Å²) in [7, 11) is 0. The fraction of sp³-hybridized carbons (Fsp3) is 0.625. The maximum atomic E-state index is 12.6. The average molecular weight is 300 g/mol. The van der Waals surface area contributed by atoms with Crippen LogP contribution in [0.3, 0.4) is 0 Å². The molecule has 0 amide bonds. The van der Waals surface area contributed by atoms with Gasteiger partial charge in [-0.1, -0.05) is 13.8 Å². The number of halogens is 3. The molecule has 5 heteroatoms. The topological polar surface area (TPSA) is 15.3 Å². The van der Waals surface area contributed by atoms with E-state index in [0.717, 1.165) is 25.2 Å². The van der Waals surface area contributed by atoms with Gasteiger partial charge in [-0.05, 0) is 50.1 Å². The molecule has 0 aromatic heterocycles. The molecule has 1 aliphatic heterocycles. The molecular formula is C16H23F3N2. The van der Waals surface area contributed by atoms with Gasteiger partial charge < -0.3 is 10.2 Å². The lowest BCUT2D eigenvalue weighted by Gasteiger charge is -2.44. The molecule has 0 spiro atoms. The van der Waals surface area contributed by atoms with E-state index in [1.807, 2.05) is 0 Å². The summed E-state index contributed by atoms with van der Waals surface area (Å²) in [5, 5.41) is 3.49. The Hall–Kier alpha value is -1.23. The highest BCUT2D eigenvalue weighted by Gasteiger charge is 2.33. The van der Waals surface area contributed by atoms with Crippen LogP contribution in [0.15, 0.2) is 24.3 Å². The first kappa shape index (κ1) is 16.1. The fourth-order valence-corrected chi connectivity index (χ4v) is 3.12. The lowest BCUT2D eigenvalue weighted by atomic mass is 9.86. The predicted octanol–water partition coefficient (Wildman–Crippen LogP) is 3.92. The molecule has 0 saturated carbocycles. The van der Waals surface area contributed by atoms with Gasteiger partial charge in [0.1, 0.15) is 0 Å². The van der Waals surface area contributed by atoms with E-state index in [9.17, 15) is 13.2 Å². The van der Waals surface area contributed by atoms with Gasteiger partial charge in [0.2, 0.25) is 0 Å².